The highest BCUT2D eigenvalue weighted by Crippen LogP contribution is 2.32. The number of alkyl halides is 1. The van der Waals surface area contributed by atoms with Gasteiger partial charge < -0.3 is 5.11 Å². The fraction of sp³-hybridized carbons (Fsp3) is 0.400. The molecule has 1 atom stereocenters. The maximum Gasteiger partial charge on any atom is 0.156 e. The molecule has 1 unspecified atom stereocenters. The van der Waals surface area contributed by atoms with Crippen LogP contribution in [-0.2, 0) is 5.67 Å². The van der Waals surface area contributed by atoms with Gasteiger partial charge in [-0.15, -0.1) is 11.8 Å². The molecular formula is C10H12BrFOS. The van der Waals surface area contributed by atoms with E-state index in [1.807, 2.05) is 12.3 Å². The molecule has 0 amide bonds. The summed E-state index contributed by atoms with van der Waals surface area (Å²) in [5.41, 5.74) is -1.18. The third-order valence-corrected chi connectivity index (χ3v) is 3.76. The third kappa shape index (κ3) is 2.49. The number of halogens is 2. The fourth-order valence-electron chi connectivity index (χ4n) is 1.08. The monoisotopic (exact) mass is 278 g/mol. The van der Waals surface area contributed by atoms with Gasteiger partial charge in [-0.25, -0.2) is 4.39 Å². The molecule has 14 heavy (non-hydrogen) atoms. The van der Waals surface area contributed by atoms with Gasteiger partial charge in [0, 0.05) is 9.37 Å². The van der Waals surface area contributed by atoms with E-state index in [1.165, 1.54) is 6.92 Å². The van der Waals surface area contributed by atoms with Crippen molar-refractivity contribution in [3.8, 4) is 0 Å². The first kappa shape index (κ1) is 12.0. The van der Waals surface area contributed by atoms with E-state index in [-0.39, 0.29) is 0 Å². The van der Waals surface area contributed by atoms with Crippen molar-refractivity contribution < 1.29 is 9.50 Å². The van der Waals surface area contributed by atoms with E-state index >= 15 is 0 Å². The second-order valence-corrected chi connectivity index (χ2v) is 4.91. The highest BCUT2D eigenvalue weighted by Gasteiger charge is 2.25. The third-order valence-electron chi connectivity index (χ3n) is 2.05. The maximum atomic E-state index is 13.7. The van der Waals surface area contributed by atoms with Crippen LogP contribution in [0.5, 0.6) is 0 Å². The first-order valence-corrected chi connectivity index (χ1v) is 6.17. The number of aliphatic hydroxyl groups excluding tert-OH is 1. The van der Waals surface area contributed by atoms with Crippen molar-refractivity contribution in [3.05, 3.63) is 28.2 Å². The molecule has 0 fully saturated rings. The molecule has 1 aromatic carbocycles. The molecule has 1 rings (SSSR count). The molecule has 0 aromatic heterocycles. The van der Waals surface area contributed by atoms with Gasteiger partial charge in [-0.3, -0.25) is 0 Å². The predicted octanol–water partition coefficient (Wildman–Crippen LogP) is 3.35. The summed E-state index contributed by atoms with van der Waals surface area (Å²) in [5.74, 6) is 0. The number of thioether (sulfide) groups is 1. The zero-order chi connectivity index (χ0) is 10.8. The smallest absolute Gasteiger partial charge is 0.156 e. The standard InChI is InChI=1S/C10H12BrFOS/c1-10(12,6-13)7-3-4-9(14-2)8(11)5-7/h3-5,13H,6H2,1-2H3. The van der Waals surface area contributed by atoms with Gasteiger partial charge in [0.25, 0.3) is 0 Å². The zero-order valence-electron chi connectivity index (χ0n) is 8.05. The molecule has 0 bridgehead atoms. The van der Waals surface area contributed by atoms with E-state index < -0.39 is 12.3 Å². The lowest BCUT2D eigenvalue weighted by atomic mass is 9.99. The van der Waals surface area contributed by atoms with Gasteiger partial charge in [0.2, 0.25) is 0 Å². The van der Waals surface area contributed by atoms with Crippen LogP contribution < -0.4 is 0 Å². The van der Waals surface area contributed by atoms with Crippen LogP contribution in [0.3, 0.4) is 0 Å². The summed E-state index contributed by atoms with van der Waals surface area (Å²) in [6, 6.07) is 5.26. The first-order chi connectivity index (χ1) is 6.51. The second-order valence-electron chi connectivity index (χ2n) is 3.20. The Bertz CT molecular complexity index is 328. The number of rotatable bonds is 3. The number of benzene rings is 1. The van der Waals surface area contributed by atoms with Crippen LogP contribution >= 0.6 is 27.7 Å². The summed E-state index contributed by atoms with van der Waals surface area (Å²) in [5, 5.41) is 8.87. The van der Waals surface area contributed by atoms with Crippen molar-refractivity contribution >= 4 is 27.7 Å². The molecule has 0 radical (unpaired) electrons. The number of hydrogen-bond acceptors (Lipinski definition) is 2. The van der Waals surface area contributed by atoms with Gasteiger partial charge in [-0.05, 0) is 46.8 Å². The molecule has 0 saturated heterocycles. The molecule has 1 nitrogen and oxygen atoms in total. The Balaban J connectivity index is 3.08. The number of aliphatic hydroxyl groups is 1. The van der Waals surface area contributed by atoms with Crippen LogP contribution in [0.4, 0.5) is 4.39 Å². The number of hydrogen-bond donors (Lipinski definition) is 1. The second kappa shape index (κ2) is 4.64. The Kier molecular flexibility index (Phi) is 3.98. The van der Waals surface area contributed by atoms with E-state index in [0.717, 1.165) is 9.37 Å². The first-order valence-electron chi connectivity index (χ1n) is 4.15. The van der Waals surface area contributed by atoms with Gasteiger partial charge in [0.05, 0.1) is 6.61 Å². The van der Waals surface area contributed by atoms with Crippen molar-refractivity contribution in [1.82, 2.24) is 0 Å². The average molecular weight is 279 g/mol. The molecule has 4 heteroatoms. The van der Waals surface area contributed by atoms with Crippen LogP contribution in [-0.4, -0.2) is 18.0 Å². The average Bonchev–Trinajstić information content (AvgIpc) is 2.17. The summed E-state index contributed by atoms with van der Waals surface area (Å²) in [7, 11) is 0. The minimum Gasteiger partial charge on any atom is -0.393 e. The van der Waals surface area contributed by atoms with E-state index in [0.29, 0.717) is 5.56 Å². The summed E-state index contributed by atoms with van der Waals surface area (Å²) >= 11 is 4.95. The van der Waals surface area contributed by atoms with E-state index in [1.54, 1.807) is 23.9 Å². The normalized spacial score (nSPS) is 15.2. The molecule has 1 aromatic rings. The molecular weight excluding hydrogens is 267 g/mol. The highest BCUT2D eigenvalue weighted by atomic mass is 79.9. The molecule has 1 N–H and O–H groups in total. The lowest BCUT2D eigenvalue weighted by Gasteiger charge is -2.18. The highest BCUT2D eigenvalue weighted by molar-refractivity contribution is 9.10. The Labute approximate surface area is 95.8 Å². The van der Waals surface area contributed by atoms with Crippen molar-refractivity contribution in [2.45, 2.75) is 17.5 Å². The predicted molar refractivity (Wildman–Crippen MR) is 61.5 cm³/mol. The molecule has 0 saturated carbocycles. The topological polar surface area (TPSA) is 20.2 Å². The van der Waals surface area contributed by atoms with E-state index in [9.17, 15) is 4.39 Å². The lowest BCUT2D eigenvalue weighted by Crippen LogP contribution is -2.20. The minimum atomic E-state index is -1.67. The summed E-state index contributed by atoms with van der Waals surface area (Å²) in [6.45, 7) is 0.867. The van der Waals surface area contributed by atoms with Crippen LogP contribution in [0.15, 0.2) is 27.6 Å². The van der Waals surface area contributed by atoms with Crippen molar-refractivity contribution in [2.24, 2.45) is 0 Å². The molecule has 78 valence electrons. The Morgan fingerprint density at radius 3 is 2.64 bits per heavy atom. The molecule has 0 spiro atoms. The molecule has 0 aliphatic rings. The van der Waals surface area contributed by atoms with Crippen molar-refractivity contribution in [3.63, 3.8) is 0 Å². The largest absolute Gasteiger partial charge is 0.393 e. The van der Waals surface area contributed by atoms with Gasteiger partial charge in [-0.2, -0.15) is 0 Å². The lowest BCUT2D eigenvalue weighted by molar-refractivity contribution is 0.0867. The Hall–Kier alpha value is -0.0600. The quantitative estimate of drug-likeness (QED) is 0.856. The minimum absolute atomic E-state index is 0.490. The van der Waals surface area contributed by atoms with Gasteiger partial charge in [-0.1, -0.05) is 6.07 Å². The van der Waals surface area contributed by atoms with Gasteiger partial charge in [0.15, 0.2) is 5.67 Å². The van der Waals surface area contributed by atoms with Gasteiger partial charge >= 0.3 is 0 Å². The maximum absolute atomic E-state index is 13.7. The van der Waals surface area contributed by atoms with Crippen LogP contribution in [0, 0.1) is 0 Å². The van der Waals surface area contributed by atoms with Crippen molar-refractivity contribution in [2.75, 3.05) is 12.9 Å². The van der Waals surface area contributed by atoms with E-state index in [2.05, 4.69) is 15.9 Å². The van der Waals surface area contributed by atoms with Crippen molar-refractivity contribution in [1.29, 1.82) is 0 Å². The SMILES string of the molecule is CSc1ccc(C(C)(F)CO)cc1Br. The van der Waals surface area contributed by atoms with E-state index in [4.69, 9.17) is 5.11 Å². The summed E-state index contributed by atoms with van der Waals surface area (Å²) in [6.07, 6.45) is 1.96. The van der Waals surface area contributed by atoms with Crippen LogP contribution in [0.25, 0.3) is 0 Å². The zero-order valence-corrected chi connectivity index (χ0v) is 10.5. The molecule has 0 heterocycles. The fourth-order valence-corrected chi connectivity index (χ4v) is 2.40. The Morgan fingerprint density at radius 2 is 2.21 bits per heavy atom. The van der Waals surface area contributed by atoms with Gasteiger partial charge in [0.1, 0.15) is 0 Å². The summed E-state index contributed by atoms with van der Waals surface area (Å²) in [4.78, 5) is 1.06. The molecule has 0 aliphatic heterocycles. The molecule has 0 aliphatic carbocycles. The summed E-state index contributed by atoms with van der Waals surface area (Å²) < 4.78 is 14.6. The van der Waals surface area contributed by atoms with Crippen LogP contribution in [0.1, 0.15) is 12.5 Å². The van der Waals surface area contributed by atoms with Crippen LogP contribution in [0.2, 0.25) is 0 Å². The Morgan fingerprint density at radius 1 is 1.57 bits per heavy atom.